The number of halogens is 4. The molecule has 0 N–H and O–H groups in total. The molecule has 1 aromatic rings. The predicted octanol–water partition coefficient (Wildman–Crippen LogP) is 4.34. The predicted molar refractivity (Wildman–Crippen MR) is 55.3 cm³/mol. The highest BCUT2D eigenvalue weighted by molar-refractivity contribution is 9.09. The Bertz CT molecular complexity index is 399. The van der Waals surface area contributed by atoms with E-state index in [9.17, 15) is 13.2 Å². The Morgan fingerprint density at radius 2 is 1.67 bits per heavy atom. The fraction of sp³-hybridized carbons (Fsp3) is 0.455. The fourth-order valence-corrected chi connectivity index (χ4v) is 2.37. The van der Waals surface area contributed by atoms with Crippen LogP contribution in [0.4, 0.5) is 13.2 Å². The van der Waals surface area contributed by atoms with Crippen LogP contribution >= 0.6 is 15.9 Å². The maximum Gasteiger partial charge on any atom is 0.161 e. The minimum atomic E-state index is -1.14. The van der Waals surface area contributed by atoms with E-state index in [1.54, 1.807) is 0 Å². The minimum Gasteiger partial charge on any atom is -0.207 e. The molecule has 1 unspecified atom stereocenters. The summed E-state index contributed by atoms with van der Waals surface area (Å²) in [5.74, 6) is -2.83. The molecule has 0 aliphatic heterocycles. The maximum atomic E-state index is 13.4. The third-order valence-electron chi connectivity index (χ3n) is 2.96. The first-order chi connectivity index (χ1) is 6.94. The van der Waals surface area contributed by atoms with Gasteiger partial charge in [-0.25, -0.2) is 13.2 Å². The standard InChI is InChI=1S/C11H10BrF3/c1-11(2-3-11)10(12)6-4-8(14)9(15)5-7(6)13/h4-5,10H,2-3H2,1H3. The van der Waals surface area contributed by atoms with E-state index in [-0.39, 0.29) is 15.8 Å². The van der Waals surface area contributed by atoms with Crippen molar-refractivity contribution in [2.24, 2.45) is 5.41 Å². The fourth-order valence-electron chi connectivity index (χ4n) is 1.56. The zero-order valence-corrected chi connectivity index (χ0v) is 9.74. The van der Waals surface area contributed by atoms with Crippen LogP contribution in [0.1, 0.15) is 30.2 Å². The van der Waals surface area contributed by atoms with E-state index < -0.39 is 17.5 Å². The average molecular weight is 279 g/mol. The topological polar surface area (TPSA) is 0 Å². The number of hydrogen-bond donors (Lipinski definition) is 0. The van der Waals surface area contributed by atoms with Gasteiger partial charge in [-0.1, -0.05) is 22.9 Å². The quantitative estimate of drug-likeness (QED) is 0.558. The van der Waals surface area contributed by atoms with Gasteiger partial charge in [0.05, 0.1) is 0 Å². The molecular weight excluding hydrogens is 269 g/mol. The molecule has 0 nitrogen and oxygen atoms in total. The van der Waals surface area contributed by atoms with Crippen molar-refractivity contribution in [3.63, 3.8) is 0 Å². The molecule has 0 heterocycles. The largest absolute Gasteiger partial charge is 0.207 e. The van der Waals surface area contributed by atoms with Crippen LogP contribution in [-0.4, -0.2) is 0 Å². The van der Waals surface area contributed by atoms with Crippen LogP contribution in [-0.2, 0) is 0 Å². The minimum absolute atomic E-state index is 0.0227. The molecule has 2 rings (SSSR count). The molecule has 1 aromatic carbocycles. The van der Waals surface area contributed by atoms with E-state index in [1.165, 1.54) is 0 Å². The van der Waals surface area contributed by atoms with E-state index >= 15 is 0 Å². The molecule has 1 fully saturated rings. The summed E-state index contributed by atoms with van der Waals surface area (Å²) in [6, 6.07) is 1.54. The van der Waals surface area contributed by atoms with Gasteiger partial charge in [-0.05, 0) is 24.3 Å². The van der Waals surface area contributed by atoms with E-state index in [1.807, 2.05) is 6.92 Å². The monoisotopic (exact) mass is 278 g/mol. The Balaban J connectivity index is 2.39. The Labute approximate surface area is 94.6 Å². The highest BCUT2D eigenvalue weighted by Gasteiger charge is 2.45. The Kier molecular flexibility index (Phi) is 2.57. The molecule has 0 radical (unpaired) electrons. The summed E-state index contributed by atoms with van der Waals surface area (Å²) in [5.41, 5.74) is 0.180. The van der Waals surface area contributed by atoms with Gasteiger partial charge in [-0.2, -0.15) is 0 Å². The summed E-state index contributed by atoms with van der Waals surface area (Å²) < 4.78 is 39.1. The molecule has 0 bridgehead atoms. The van der Waals surface area contributed by atoms with Gasteiger partial charge in [0.25, 0.3) is 0 Å². The normalized spacial score (nSPS) is 20.1. The second-order valence-corrected chi connectivity index (χ2v) is 5.22. The van der Waals surface area contributed by atoms with Gasteiger partial charge in [0.15, 0.2) is 11.6 Å². The van der Waals surface area contributed by atoms with Gasteiger partial charge in [-0.15, -0.1) is 0 Å². The number of benzene rings is 1. The second kappa shape index (κ2) is 3.51. The SMILES string of the molecule is CC1(C(Br)c2cc(F)c(F)cc2F)CC1. The van der Waals surface area contributed by atoms with E-state index in [0.717, 1.165) is 18.9 Å². The third kappa shape index (κ3) is 1.92. The summed E-state index contributed by atoms with van der Waals surface area (Å²) in [6.45, 7) is 1.99. The van der Waals surface area contributed by atoms with Crippen molar-refractivity contribution in [2.75, 3.05) is 0 Å². The average Bonchev–Trinajstić information content (AvgIpc) is 2.90. The molecular formula is C11H10BrF3. The lowest BCUT2D eigenvalue weighted by Crippen LogP contribution is -2.07. The van der Waals surface area contributed by atoms with E-state index in [4.69, 9.17) is 0 Å². The first-order valence-corrected chi connectivity index (χ1v) is 5.64. The molecule has 4 heteroatoms. The highest BCUT2D eigenvalue weighted by Crippen LogP contribution is 2.58. The van der Waals surface area contributed by atoms with Gasteiger partial charge < -0.3 is 0 Å². The molecule has 0 aromatic heterocycles. The lowest BCUT2D eigenvalue weighted by molar-refractivity contribution is 0.477. The summed E-state index contributed by atoms with van der Waals surface area (Å²) in [5, 5.41) is 0. The smallest absolute Gasteiger partial charge is 0.161 e. The summed E-state index contributed by atoms with van der Waals surface area (Å²) >= 11 is 3.35. The van der Waals surface area contributed by atoms with Crippen LogP contribution in [0.2, 0.25) is 0 Å². The van der Waals surface area contributed by atoms with E-state index in [0.29, 0.717) is 6.07 Å². The number of rotatable bonds is 2. The maximum absolute atomic E-state index is 13.4. The molecule has 0 saturated heterocycles. The van der Waals surface area contributed by atoms with Gasteiger partial charge in [0, 0.05) is 16.5 Å². The zero-order valence-electron chi connectivity index (χ0n) is 8.16. The Morgan fingerprint density at radius 1 is 1.13 bits per heavy atom. The van der Waals surface area contributed by atoms with Crippen LogP contribution in [0.15, 0.2) is 12.1 Å². The van der Waals surface area contributed by atoms with Crippen LogP contribution in [0, 0.1) is 22.9 Å². The van der Waals surface area contributed by atoms with Crippen molar-refractivity contribution in [1.29, 1.82) is 0 Å². The van der Waals surface area contributed by atoms with Crippen LogP contribution in [0.25, 0.3) is 0 Å². The number of hydrogen-bond acceptors (Lipinski definition) is 0. The van der Waals surface area contributed by atoms with Crippen molar-refractivity contribution in [1.82, 2.24) is 0 Å². The molecule has 15 heavy (non-hydrogen) atoms. The summed E-state index contributed by atoms with van der Waals surface area (Å²) in [4.78, 5) is -0.250. The van der Waals surface area contributed by atoms with Crippen molar-refractivity contribution < 1.29 is 13.2 Å². The summed E-state index contributed by atoms with van der Waals surface area (Å²) in [6.07, 6.45) is 1.95. The van der Waals surface area contributed by atoms with E-state index in [2.05, 4.69) is 15.9 Å². The lowest BCUT2D eigenvalue weighted by Gasteiger charge is -2.18. The van der Waals surface area contributed by atoms with Crippen LogP contribution in [0.3, 0.4) is 0 Å². The van der Waals surface area contributed by atoms with Crippen molar-refractivity contribution >= 4 is 15.9 Å². The highest BCUT2D eigenvalue weighted by atomic mass is 79.9. The van der Waals surface area contributed by atoms with Crippen molar-refractivity contribution in [2.45, 2.75) is 24.6 Å². The van der Waals surface area contributed by atoms with Gasteiger partial charge >= 0.3 is 0 Å². The van der Waals surface area contributed by atoms with Crippen molar-refractivity contribution in [3.8, 4) is 0 Å². The zero-order chi connectivity index (χ0) is 11.2. The van der Waals surface area contributed by atoms with Crippen LogP contribution < -0.4 is 0 Å². The second-order valence-electron chi connectivity index (χ2n) is 4.30. The Morgan fingerprint density at radius 3 is 2.20 bits per heavy atom. The molecule has 1 aliphatic rings. The Hall–Kier alpha value is -0.510. The molecule has 1 saturated carbocycles. The molecule has 0 amide bonds. The van der Waals surface area contributed by atoms with Gasteiger partial charge in [0.2, 0.25) is 0 Å². The van der Waals surface area contributed by atoms with Crippen molar-refractivity contribution in [3.05, 3.63) is 35.1 Å². The summed E-state index contributed by atoms with van der Waals surface area (Å²) in [7, 11) is 0. The molecule has 1 aliphatic carbocycles. The molecule has 1 atom stereocenters. The first kappa shape index (κ1) is 11.0. The first-order valence-electron chi connectivity index (χ1n) is 4.72. The van der Waals surface area contributed by atoms with Gasteiger partial charge in [-0.3, -0.25) is 0 Å². The van der Waals surface area contributed by atoms with Crippen LogP contribution in [0.5, 0.6) is 0 Å². The van der Waals surface area contributed by atoms with Gasteiger partial charge in [0.1, 0.15) is 5.82 Å². The third-order valence-corrected chi connectivity index (χ3v) is 4.56. The molecule has 0 spiro atoms. The number of alkyl halides is 1. The molecule has 82 valence electrons. The lowest BCUT2D eigenvalue weighted by atomic mass is 9.98.